The minimum atomic E-state index is -0.617. The molecule has 0 saturated carbocycles. The van der Waals surface area contributed by atoms with Crippen molar-refractivity contribution in [2.75, 3.05) is 19.6 Å². The number of hydrogen-bond acceptors (Lipinski definition) is 6. The van der Waals surface area contributed by atoms with Gasteiger partial charge in [-0.25, -0.2) is 0 Å². The minimum absolute atomic E-state index is 0.0525. The summed E-state index contributed by atoms with van der Waals surface area (Å²) in [6, 6.07) is 9.72. The van der Waals surface area contributed by atoms with Gasteiger partial charge in [-0.05, 0) is 38.8 Å². The number of fused-ring (bicyclic) bond motifs is 1. The molecule has 3 atom stereocenters. The van der Waals surface area contributed by atoms with Gasteiger partial charge < -0.3 is 14.2 Å². The number of nitrogens with zero attached hydrogens (tertiary/aromatic N) is 1. The maximum atomic E-state index is 12.2. The summed E-state index contributed by atoms with van der Waals surface area (Å²) in [5.41, 5.74) is 0.999. The van der Waals surface area contributed by atoms with Crippen LogP contribution >= 0.6 is 0 Å². The van der Waals surface area contributed by atoms with Crippen molar-refractivity contribution < 1.29 is 23.8 Å². The zero-order valence-corrected chi connectivity index (χ0v) is 17.8. The van der Waals surface area contributed by atoms with E-state index in [0.717, 1.165) is 31.4 Å². The highest BCUT2D eigenvalue weighted by Crippen LogP contribution is 2.32. The van der Waals surface area contributed by atoms with Gasteiger partial charge in [-0.3, -0.25) is 14.5 Å². The van der Waals surface area contributed by atoms with E-state index in [1.54, 1.807) is 0 Å². The molecule has 0 spiro atoms. The molecule has 6 heteroatoms. The number of rotatable bonds is 8. The smallest absolute Gasteiger partial charge is 0.308 e. The Balaban J connectivity index is 1.36. The number of Topliss-reactive ketones (excluding diaryl/α,β-unsaturated/α-hetero) is 1. The number of esters is 1. The van der Waals surface area contributed by atoms with Crippen molar-refractivity contribution in [3.05, 3.63) is 35.9 Å². The fourth-order valence-corrected chi connectivity index (χ4v) is 4.04. The summed E-state index contributed by atoms with van der Waals surface area (Å²) in [5.74, 6) is -0.688. The van der Waals surface area contributed by atoms with E-state index in [4.69, 9.17) is 14.2 Å². The Morgan fingerprint density at radius 2 is 1.93 bits per heavy atom. The standard InChI is InChI=1S/C23H33NO5/c1-17(22(26)27-16-18-10-5-4-6-11-18)9-7-8-12-24-14-19(25)13-20-21(15-24)29-23(2,3)28-20/h4-6,10-11,17,20-21H,7-9,12-16H2,1-3H3/t17-,20-,21+/m0/s1. The van der Waals surface area contributed by atoms with Gasteiger partial charge in [0.05, 0.1) is 18.6 Å². The van der Waals surface area contributed by atoms with E-state index < -0.39 is 5.79 Å². The Morgan fingerprint density at radius 3 is 2.69 bits per heavy atom. The number of likely N-dealkylation sites (tertiary alicyclic amines) is 1. The van der Waals surface area contributed by atoms with Gasteiger partial charge in [0.15, 0.2) is 5.79 Å². The van der Waals surface area contributed by atoms with Crippen molar-refractivity contribution in [1.82, 2.24) is 4.90 Å². The molecule has 2 aliphatic rings. The lowest BCUT2D eigenvalue weighted by Gasteiger charge is -2.24. The van der Waals surface area contributed by atoms with Crippen LogP contribution in [-0.2, 0) is 30.4 Å². The molecule has 2 aliphatic heterocycles. The second-order valence-electron chi connectivity index (χ2n) is 8.68. The highest BCUT2D eigenvalue weighted by Gasteiger charge is 2.44. The molecule has 0 aliphatic carbocycles. The number of ketones is 1. The van der Waals surface area contributed by atoms with Gasteiger partial charge in [-0.15, -0.1) is 0 Å². The molecule has 2 heterocycles. The average Bonchev–Trinajstić information content (AvgIpc) is 2.87. The van der Waals surface area contributed by atoms with Crippen LogP contribution in [0.3, 0.4) is 0 Å². The quantitative estimate of drug-likeness (QED) is 0.490. The Morgan fingerprint density at radius 1 is 1.21 bits per heavy atom. The molecule has 0 aromatic heterocycles. The summed E-state index contributed by atoms with van der Waals surface area (Å²) in [6.07, 6.45) is 2.88. The van der Waals surface area contributed by atoms with Crippen LogP contribution in [-0.4, -0.2) is 54.3 Å². The van der Waals surface area contributed by atoms with Crippen LogP contribution in [0.4, 0.5) is 0 Å². The zero-order valence-electron chi connectivity index (χ0n) is 17.8. The van der Waals surface area contributed by atoms with Crippen molar-refractivity contribution in [2.45, 2.75) is 71.1 Å². The lowest BCUT2D eigenvalue weighted by atomic mass is 10.0. The van der Waals surface area contributed by atoms with Gasteiger partial charge in [0, 0.05) is 13.0 Å². The fourth-order valence-electron chi connectivity index (χ4n) is 4.04. The van der Waals surface area contributed by atoms with E-state index in [9.17, 15) is 9.59 Å². The van der Waals surface area contributed by atoms with E-state index in [-0.39, 0.29) is 29.9 Å². The largest absolute Gasteiger partial charge is 0.461 e. The molecule has 29 heavy (non-hydrogen) atoms. The second kappa shape index (κ2) is 9.83. The van der Waals surface area contributed by atoms with Crippen molar-refractivity contribution in [2.24, 2.45) is 5.92 Å². The van der Waals surface area contributed by atoms with Gasteiger partial charge >= 0.3 is 5.97 Å². The molecule has 0 unspecified atom stereocenters. The summed E-state index contributed by atoms with van der Waals surface area (Å²) in [7, 11) is 0. The Kier molecular flexibility index (Phi) is 7.44. The molecule has 160 valence electrons. The third-order valence-corrected chi connectivity index (χ3v) is 5.54. The number of benzene rings is 1. The summed E-state index contributed by atoms with van der Waals surface area (Å²) in [6.45, 7) is 8.03. The van der Waals surface area contributed by atoms with Gasteiger partial charge in [-0.1, -0.05) is 43.7 Å². The van der Waals surface area contributed by atoms with Gasteiger partial charge in [0.25, 0.3) is 0 Å². The number of carbonyl (C=O) groups excluding carboxylic acids is 2. The lowest BCUT2D eigenvalue weighted by Crippen LogP contribution is -2.36. The van der Waals surface area contributed by atoms with Crippen molar-refractivity contribution in [3.8, 4) is 0 Å². The van der Waals surface area contributed by atoms with Crippen LogP contribution in [0.5, 0.6) is 0 Å². The van der Waals surface area contributed by atoms with Crippen LogP contribution in [0.15, 0.2) is 30.3 Å². The average molecular weight is 404 g/mol. The molecular formula is C23H33NO5. The van der Waals surface area contributed by atoms with Crippen LogP contribution < -0.4 is 0 Å². The van der Waals surface area contributed by atoms with Crippen molar-refractivity contribution in [1.29, 1.82) is 0 Å². The van der Waals surface area contributed by atoms with E-state index in [0.29, 0.717) is 26.1 Å². The van der Waals surface area contributed by atoms with Gasteiger partial charge in [0.1, 0.15) is 18.5 Å². The molecule has 0 bridgehead atoms. The third-order valence-electron chi connectivity index (χ3n) is 5.54. The third kappa shape index (κ3) is 6.63. The Labute approximate surface area is 173 Å². The molecule has 0 N–H and O–H groups in total. The van der Waals surface area contributed by atoms with Gasteiger partial charge in [-0.2, -0.15) is 0 Å². The maximum Gasteiger partial charge on any atom is 0.308 e. The first kappa shape index (κ1) is 21.9. The van der Waals surface area contributed by atoms with Gasteiger partial charge in [0.2, 0.25) is 0 Å². The summed E-state index contributed by atoms with van der Waals surface area (Å²) >= 11 is 0. The molecular weight excluding hydrogens is 370 g/mol. The SMILES string of the molecule is C[C@@H](CCCCN1CC(=O)C[C@@H]2OC(C)(C)O[C@@H]2C1)C(=O)OCc1ccccc1. The Hall–Kier alpha value is -1.76. The summed E-state index contributed by atoms with van der Waals surface area (Å²) < 4.78 is 17.3. The van der Waals surface area contributed by atoms with Crippen LogP contribution in [0.2, 0.25) is 0 Å². The molecule has 3 rings (SSSR count). The van der Waals surface area contributed by atoms with Crippen LogP contribution in [0.25, 0.3) is 0 Å². The highest BCUT2D eigenvalue weighted by atomic mass is 16.8. The molecule has 2 saturated heterocycles. The summed E-state index contributed by atoms with van der Waals surface area (Å²) in [4.78, 5) is 26.6. The second-order valence-corrected chi connectivity index (χ2v) is 8.68. The van der Waals surface area contributed by atoms with E-state index in [1.807, 2.05) is 51.1 Å². The van der Waals surface area contributed by atoms with E-state index >= 15 is 0 Å². The van der Waals surface area contributed by atoms with Crippen LogP contribution in [0, 0.1) is 5.92 Å². The molecule has 0 amide bonds. The predicted octanol–water partition coefficient (Wildman–Crippen LogP) is 3.33. The van der Waals surface area contributed by atoms with E-state index in [2.05, 4.69) is 4.90 Å². The minimum Gasteiger partial charge on any atom is -0.461 e. The summed E-state index contributed by atoms with van der Waals surface area (Å²) in [5, 5.41) is 0. The molecule has 1 aromatic rings. The van der Waals surface area contributed by atoms with Crippen LogP contribution in [0.1, 0.15) is 52.0 Å². The molecule has 6 nitrogen and oxygen atoms in total. The van der Waals surface area contributed by atoms with Crippen molar-refractivity contribution >= 4 is 11.8 Å². The van der Waals surface area contributed by atoms with Crippen molar-refractivity contribution in [3.63, 3.8) is 0 Å². The topological polar surface area (TPSA) is 65.1 Å². The number of hydrogen-bond donors (Lipinski definition) is 0. The molecule has 0 radical (unpaired) electrons. The normalized spacial score (nSPS) is 25.3. The first-order chi connectivity index (χ1) is 13.8. The zero-order chi connectivity index (χ0) is 20.9. The van der Waals surface area contributed by atoms with E-state index in [1.165, 1.54) is 0 Å². The molecule has 2 fully saturated rings. The number of carbonyl (C=O) groups is 2. The predicted molar refractivity (Wildman–Crippen MR) is 109 cm³/mol. The fraction of sp³-hybridized carbons (Fsp3) is 0.652. The number of unbranched alkanes of at least 4 members (excludes halogenated alkanes) is 1. The monoisotopic (exact) mass is 403 g/mol. The maximum absolute atomic E-state index is 12.2. The lowest BCUT2D eigenvalue weighted by molar-refractivity contribution is -0.152. The number of ether oxygens (including phenoxy) is 3. The first-order valence-electron chi connectivity index (χ1n) is 10.6. The molecule has 1 aromatic carbocycles. The Bertz CT molecular complexity index is 690. The first-order valence-corrected chi connectivity index (χ1v) is 10.6. The highest BCUT2D eigenvalue weighted by molar-refractivity contribution is 5.81.